The summed E-state index contributed by atoms with van der Waals surface area (Å²) in [6, 6.07) is 2.84. The predicted octanol–water partition coefficient (Wildman–Crippen LogP) is 1.72. The van der Waals surface area contributed by atoms with Crippen LogP contribution in [0.25, 0.3) is 0 Å². The van der Waals surface area contributed by atoms with E-state index < -0.39 is 17.9 Å². The molecule has 5 rings (SSSR count). The molecule has 2 fully saturated rings. The van der Waals surface area contributed by atoms with Crippen molar-refractivity contribution in [2.45, 2.75) is 50.2 Å². The Morgan fingerprint density at radius 2 is 2.10 bits per heavy atom. The summed E-state index contributed by atoms with van der Waals surface area (Å²) in [5.74, 6) is -1.77. The molecule has 2 aromatic heterocycles. The maximum atomic E-state index is 13.0. The summed E-state index contributed by atoms with van der Waals surface area (Å²) >= 11 is 0. The van der Waals surface area contributed by atoms with E-state index in [9.17, 15) is 18.4 Å². The minimum absolute atomic E-state index is 0.0383. The summed E-state index contributed by atoms with van der Waals surface area (Å²) in [5, 5.41) is 2.57. The van der Waals surface area contributed by atoms with Gasteiger partial charge in [0.15, 0.2) is 0 Å². The molecule has 2 aromatic rings. The highest BCUT2D eigenvalue weighted by Gasteiger charge is 2.46. The Morgan fingerprint density at radius 3 is 2.83 bits per heavy atom. The summed E-state index contributed by atoms with van der Waals surface area (Å²) in [6.07, 6.45) is 3.86. The van der Waals surface area contributed by atoms with Gasteiger partial charge in [-0.2, -0.15) is 0 Å². The monoisotopic (exact) mass is 403 g/mol. The topological polar surface area (TPSA) is 83.0 Å². The number of piperidine rings is 1. The minimum Gasteiger partial charge on any atom is -0.349 e. The third-order valence-electron chi connectivity index (χ3n) is 6.28. The number of carbonyl (C=O) groups excluding carboxylic acids is 1. The van der Waals surface area contributed by atoms with Gasteiger partial charge in [0, 0.05) is 62.5 Å². The van der Waals surface area contributed by atoms with Crippen LogP contribution in [-0.2, 0) is 13.1 Å². The molecule has 0 unspecified atom stereocenters. The lowest BCUT2D eigenvalue weighted by atomic mass is 9.83. The quantitative estimate of drug-likeness (QED) is 0.814. The van der Waals surface area contributed by atoms with Gasteiger partial charge in [-0.25, -0.2) is 13.8 Å². The number of hydrogen-bond donors (Lipinski definition) is 2. The minimum atomic E-state index is -2.71. The second kappa shape index (κ2) is 6.76. The number of hydrogen-bond acceptors (Lipinski definition) is 4. The summed E-state index contributed by atoms with van der Waals surface area (Å²) in [7, 11) is 0. The average molecular weight is 403 g/mol. The number of rotatable bonds is 4. The number of halogens is 2. The molecule has 0 spiro atoms. The lowest BCUT2D eigenvalue weighted by molar-refractivity contribution is -0.0901. The van der Waals surface area contributed by atoms with Crippen molar-refractivity contribution in [3.05, 3.63) is 52.0 Å². The third kappa shape index (κ3) is 3.48. The van der Waals surface area contributed by atoms with Crippen LogP contribution < -0.4 is 10.9 Å². The van der Waals surface area contributed by atoms with Crippen molar-refractivity contribution in [3.8, 4) is 0 Å². The highest BCUT2D eigenvalue weighted by Crippen LogP contribution is 2.38. The molecular formula is C20H23F2N5O2. The molecule has 0 radical (unpaired) electrons. The Hall–Kier alpha value is -2.55. The number of H-pyrrole nitrogens is 1. The molecule has 9 heteroatoms. The van der Waals surface area contributed by atoms with Crippen LogP contribution in [0.15, 0.2) is 29.3 Å². The zero-order valence-electron chi connectivity index (χ0n) is 15.9. The predicted molar refractivity (Wildman–Crippen MR) is 101 cm³/mol. The molecule has 1 saturated heterocycles. The molecule has 0 aromatic carbocycles. The van der Waals surface area contributed by atoms with Gasteiger partial charge in [-0.1, -0.05) is 0 Å². The number of carbonyl (C=O) groups is 1. The Labute approximate surface area is 166 Å². The van der Waals surface area contributed by atoms with E-state index in [4.69, 9.17) is 0 Å². The van der Waals surface area contributed by atoms with E-state index in [1.165, 1.54) is 0 Å². The van der Waals surface area contributed by atoms with Crippen LogP contribution in [-0.4, -0.2) is 50.4 Å². The molecule has 3 aliphatic rings. The van der Waals surface area contributed by atoms with Crippen molar-refractivity contribution in [2.75, 3.05) is 13.1 Å². The molecule has 4 heterocycles. The van der Waals surface area contributed by atoms with Gasteiger partial charge in [0.1, 0.15) is 11.4 Å². The first-order chi connectivity index (χ1) is 13.9. The number of nitrogens with zero attached hydrogens (tertiary/aromatic N) is 3. The number of amides is 1. The zero-order chi connectivity index (χ0) is 20.2. The zero-order valence-corrected chi connectivity index (χ0v) is 15.9. The first-order valence-electron chi connectivity index (χ1n) is 10.0. The highest BCUT2D eigenvalue weighted by atomic mass is 19.3. The van der Waals surface area contributed by atoms with Gasteiger partial charge in [-0.05, 0) is 24.5 Å². The Morgan fingerprint density at radius 1 is 1.28 bits per heavy atom. The van der Waals surface area contributed by atoms with E-state index in [0.29, 0.717) is 12.5 Å². The molecule has 1 saturated carbocycles. The number of fused-ring (bicyclic) bond motifs is 4. The van der Waals surface area contributed by atoms with Crippen LogP contribution in [0.4, 0.5) is 8.78 Å². The van der Waals surface area contributed by atoms with Crippen LogP contribution in [0.2, 0.25) is 0 Å². The second-order valence-corrected chi connectivity index (χ2v) is 8.55. The first-order valence-corrected chi connectivity index (χ1v) is 10.0. The van der Waals surface area contributed by atoms with Gasteiger partial charge in [-0.3, -0.25) is 14.5 Å². The van der Waals surface area contributed by atoms with Crippen molar-refractivity contribution < 1.29 is 13.6 Å². The molecule has 154 valence electrons. The van der Waals surface area contributed by atoms with E-state index in [1.807, 2.05) is 12.3 Å². The summed E-state index contributed by atoms with van der Waals surface area (Å²) in [4.78, 5) is 35.2. The maximum absolute atomic E-state index is 13.0. The van der Waals surface area contributed by atoms with E-state index in [2.05, 4.69) is 20.2 Å². The molecular weight excluding hydrogens is 380 g/mol. The van der Waals surface area contributed by atoms with Crippen LogP contribution in [0.3, 0.4) is 0 Å². The van der Waals surface area contributed by atoms with E-state index in [1.54, 1.807) is 16.8 Å². The fourth-order valence-electron chi connectivity index (χ4n) is 4.97. The maximum Gasteiger partial charge on any atom is 0.263 e. The number of nitrogens with one attached hydrogen (secondary N) is 2. The van der Waals surface area contributed by atoms with Crippen molar-refractivity contribution in [1.82, 2.24) is 24.8 Å². The first kappa shape index (κ1) is 18.5. The number of alkyl halides is 2. The number of imidazole rings is 1. The van der Waals surface area contributed by atoms with Crippen molar-refractivity contribution in [1.29, 1.82) is 0 Å². The SMILES string of the molecule is O=C(NC1CC(F)(F)C1)c1ccc2n(c1=O)C[C@H]1C[C@@H]2CN(Cc2ncc[nH]2)C1. The van der Waals surface area contributed by atoms with Crippen LogP contribution >= 0.6 is 0 Å². The molecule has 2 atom stereocenters. The van der Waals surface area contributed by atoms with Gasteiger partial charge in [-0.15, -0.1) is 0 Å². The molecule has 29 heavy (non-hydrogen) atoms. The van der Waals surface area contributed by atoms with Gasteiger partial charge in [0.2, 0.25) is 0 Å². The van der Waals surface area contributed by atoms with Gasteiger partial charge < -0.3 is 14.9 Å². The van der Waals surface area contributed by atoms with Crippen LogP contribution in [0.5, 0.6) is 0 Å². The lowest BCUT2D eigenvalue weighted by Crippen LogP contribution is -2.52. The Bertz CT molecular complexity index is 979. The van der Waals surface area contributed by atoms with Crippen LogP contribution in [0, 0.1) is 5.92 Å². The Balaban J connectivity index is 1.33. The van der Waals surface area contributed by atoms with Crippen molar-refractivity contribution in [2.24, 2.45) is 5.92 Å². The highest BCUT2D eigenvalue weighted by molar-refractivity contribution is 5.94. The van der Waals surface area contributed by atoms with E-state index in [-0.39, 0.29) is 29.9 Å². The molecule has 2 N–H and O–H groups in total. The van der Waals surface area contributed by atoms with Crippen molar-refractivity contribution in [3.63, 3.8) is 0 Å². The Kier molecular flexibility index (Phi) is 4.31. The van der Waals surface area contributed by atoms with Gasteiger partial charge >= 0.3 is 0 Å². The summed E-state index contributed by atoms with van der Waals surface area (Å²) in [6.45, 7) is 3.02. The molecule has 1 aliphatic carbocycles. The molecule has 2 aliphatic heterocycles. The largest absolute Gasteiger partial charge is 0.349 e. The third-order valence-corrected chi connectivity index (χ3v) is 6.28. The smallest absolute Gasteiger partial charge is 0.263 e. The summed E-state index contributed by atoms with van der Waals surface area (Å²) < 4.78 is 27.7. The van der Waals surface area contributed by atoms with Gasteiger partial charge in [0.05, 0.1) is 6.54 Å². The molecule has 1 amide bonds. The molecule has 7 nitrogen and oxygen atoms in total. The normalized spacial score (nSPS) is 25.9. The van der Waals surface area contributed by atoms with Gasteiger partial charge in [0.25, 0.3) is 17.4 Å². The second-order valence-electron chi connectivity index (χ2n) is 8.55. The summed E-state index contributed by atoms with van der Waals surface area (Å²) in [5.41, 5.74) is 0.666. The number of pyridine rings is 1. The van der Waals surface area contributed by atoms with E-state index >= 15 is 0 Å². The standard InChI is InChI=1S/C20H23F2N5O2/c21-20(22)6-14(7-20)25-18(28)15-1-2-16-13-5-12(9-27(16)19(15)29)8-26(10-13)11-17-23-3-4-24-17/h1-4,12-14H,5-11H2,(H,23,24)(H,25,28)/t12-,13+/m0/s1. The number of aromatic amines is 1. The lowest BCUT2D eigenvalue weighted by Gasteiger charge is -2.42. The fourth-order valence-corrected chi connectivity index (χ4v) is 4.97. The van der Waals surface area contributed by atoms with E-state index in [0.717, 1.165) is 37.6 Å². The van der Waals surface area contributed by atoms with Crippen molar-refractivity contribution >= 4 is 5.91 Å². The molecule has 2 bridgehead atoms. The fraction of sp³-hybridized carbons (Fsp3) is 0.550. The number of aromatic nitrogens is 3. The number of likely N-dealkylation sites (tertiary alicyclic amines) is 1. The van der Waals surface area contributed by atoms with Crippen LogP contribution in [0.1, 0.15) is 47.1 Å². The average Bonchev–Trinajstić information content (AvgIpc) is 3.14.